The molecule has 36 rings (SSSR count). The summed E-state index contributed by atoms with van der Waals surface area (Å²) in [6, 6.07) is 161. The van der Waals surface area contributed by atoms with Crippen LogP contribution in [-0.2, 0) is 0 Å². The summed E-state index contributed by atoms with van der Waals surface area (Å²) in [5.41, 5.74) is 30.3. The van der Waals surface area contributed by atoms with Gasteiger partial charge in [0.2, 0.25) is 17.8 Å². The van der Waals surface area contributed by atoms with Crippen molar-refractivity contribution < 1.29 is 4.42 Å². The molecule has 0 aliphatic heterocycles. The summed E-state index contributed by atoms with van der Waals surface area (Å²) < 4.78 is 25.4. The lowest BCUT2D eigenvalue weighted by molar-refractivity contribution is 0.666. The van der Waals surface area contributed by atoms with E-state index in [4.69, 9.17) is 34.3 Å². The largest absolute Gasteiger partial charge is 0.452 e. The Kier molecular flexibility index (Phi) is 16.6. The molecule has 15 aromatic heterocycles. The van der Waals surface area contributed by atoms with Gasteiger partial charge in [-0.1, -0.05) is 340 Å². The van der Waals surface area contributed by atoms with Gasteiger partial charge in [0.05, 0.1) is 115 Å². The lowest BCUT2D eigenvalue weighted by Crippen LogP contribution is -2.03. The first kappa shape index (κ1) is 80.9. The van der Waals surface area contributed by atoms with Crippen LogP contribution in [0.5, 0.6) is 0 Å². The van der Waals surface area contributed by atoms with Gasteiger partial charge in [0, 0.05) is 139 Å². The number of hydrogen-bond donors (Lipinski definition) is 0. The van der Waals surface area contributed by atoms with Gasteiger partial charge in [-0.25, -0.2) is 29.9 Å². The molecule has 36 aromatic rings. The van der Waals surface area contributed by atoms with Gasteiger partial charge in [-0.05, 0) is 142 Å². The first-order chi connectivity index (χ1) is 73.9. The van der Waals surface area contributed by atoms with E-state index in [9.17, 15) is 0 Å². The number of furan rings is 1. The Hall–Kier alpha value is -19.6. The highest BCUT2D eigenvalue weighted by atomic mass is 32.1. The molecule has 0 amide bonds. The van der Waals surface area contributed by atoms with Gasteiger partial charge in [0.15, 0.2) is 5.58 Å². The van der Waals surface area contributed by atoms with Crippen molar-refractivity contribution in [2.24, 2.45) is 0 Å². The molecule has 0 fully saturated rings. The second kappa shape index (κ2) is 30.5. The molecule has 0 aliphatic carbocycles. The molecule has 0 saturated heterocycles. The molecule has 15 heterocycles. The van der Waals surface area contributed by atoms with Crippen LogP contribution in [0.1, 0.15) is 0 Å². The number of para-hydroxylation sites is 10. The summed E-state index contributed by atoms with van der Waals surface area (Å²) in [6.45, 7) is 0. The van der Waals surface area contributed by atoms with Gasteiger partial charge in [-0.2, -0.15) is 0 Å². The summed E-state index contributed by atoms with van der Waals surface area (Å²) in [6.07, 6.45) is 0. The Morgan fingerprint density at radius 1 is 0.181 bits per heavy atom. The number of aromatic nitrogens is 12. The molecule has 0 N–H and O–H groups in total. The fourth-order valence-electron chi connectivity index (χ4n) is 25.3. The van der Waals surface area contributed by atoms with Crippen LogP contribution in [0.3, 0.4) is 0 Å². The minimum Gasteiger partial charge on any atom is -0.452 e. The van der Waals surface area contributed by atoms with Crippen LogP contribution in [0, 0.1) is 0 Å². The second-order valence-corrected chi connectivity index (χ2v) is 41.4. The van der Waals surface area contributed by atoms with E-state index in [1.165, 1.54) is 183 Å². The minimum absolute atomic E-state index is 0.620. The Balaban J connectivity index is 0.0000000953. The highest BCUT2D eigenvalue weighted by Crippen LogP contribution is 2.54. The van der Waals surface area contributed by atoms with Crippen LogP contribution in [-0.4, -0.2) is 56.8 Å². The molecule has 0 atom stereocenters. The van der Waals surface area contributed by atoms with Crippen molar-refractivity contribution in [2.75, 3.05) is 0 Å². The van der Waals surface area contributed by atoms with Gasteiger partial charge in [0.1, 0.15) is 16.8 Å². The van der Waals surface area contributed by atoms with Crippen LogP contribution >= 0.6 is 22.7 Å². The second-order valence-electron chi connectivity index (χ2n) is 39.3. The fourth-order valence-corrected chi connectivity index (χ4v) is 27.6. The zero-order chi connectivity index (χ0) is 96.8. The predicted octanol–water partition coefficient (Wildman–Crippen LogP) is 35.8. The molecule has 0 saturated carbocycles. The van der Waals surface area contributed by atoms with E-state index >= 15 is 0 Å². The monoisotopic (exact) mass is 1930 g/mol. The number of rotatable bonds is 7. The molecule has 0 aliphatic rings. The van der Waals surface area contributed by atoms with Crippen molar-refractivity contribution in [3.05, 3.63) is 449 Å². The van der Waals surface area contributed by atoms with E-state index in [0.717, 1.165) is 120 Å². The minimum atomic E-state index is 0.620. The fraction of sp³-hybridized carbons (Fsp3) is 0. The SMILES string of the molecule is c1ccc(-c2ccc(-c3nc(-n4c5ccccc5c5c6c7ccccc7n7c8ccccc8c(cc54)c67)nc4c3sc3ccccc34)cc2)cc1.c1ccc2cc(-c3nc(-n4c5ccccc5c5c6c7ccccc7n7c8ccccc8c(cc54)c67)nc4c3oc3ccccc34)ccc2c1.c1ccc2cc(-c3nc(-n4c5ccccc5c5c6c7ccccc7n7c8ccccc8c(cc54)c67)nc4c3sc3ccccc34)ccc2c1. The van der Waals surface area contributed by atoms with E-state index in [0.29, 0.717) is 23.4 Å². The third-order valence-corrected chi connectivity index (χ3v) is 33.9. The third-order valence-electron chi connectivity index (χ3n) is 31.6. The van der Waals surface area contributed by atoms with E-state index in [-0.39, 0.29) is 0 Å². The van der Waals surface area contributed by atoms with Crippen LogP contribution < -0.4 is 0 Å². The quantitative estimate of drug-likeness (QED) is 0.156. The van der Waals surface area contributed by atoms with Gasteiger partial charge in [-0.15, -0.1) is 22.7 Å². The molecule has 149 heavy (non-hydrogen) atoms. The Labute approximate surface area is 853 Å². The first-order valence-corrected chi connectivity index (χ1v) is 52.1. The molecule has 15 heteroatoms. The van der Waals surface area contributed by atoms with Crippen LogP contribution in [0.2, 0.25) is 0 Å². The van der Waals surface area contributed by atoms with Crippen LogP contribution in [0.15, 0.2) is 453 Å². The molecule has 0 unspecified atom stereocenters. The van der Waals surface area contributed by atoms with E-state index < -0.39 is 0 Å². The molecular formula is C134H74N12OS2. The average Bonchev–Trinajstić information content (AvgIpc) is 1.52. The third kappa shape index (κ3) is 11.3. The maximum atomic E-state index is 6.54. The molecule has 0 spiro atoms. The van der Waals surface area contributed by atoms with Crippen molar-refractivity contribution in [3.63, 3.8) is 0 Å². The zero-order valence-electron chi connectivity index (χ0n) is 79.3. The maximum Gasteiger partial charge on any atom is 0.236 e. The topological polar surface area (TPSA) is 119 Å². The van der Waals surface area contributed by atoms with Crippen molar-refractivity contribution in [2.45, 2.75) is 0 Å². The number of fused-ring (bicyclic) bond motifs is 41. The summed E-state index contributed by atoms with van der Waals surface area (Å²) >= 11 is 3.54. The normalized spacial score (nSPS) is 12.4. The van der Waals surface area contributed by atoms with Gasteiger partial charge in [0.25, 0.3) is 0 Å². The number of hydrogen-bond acceptors (Lipinski definition) is 9. The maximum absolute atomic E-state index is 6.54. The smallest absolute Gasteiger partial charge is 0.236 e. The highest BCUT2D eigenvalue weighted by molar-refractivity contribution is 7.26. The lowest BCUT2D eigenvalue weighted by Gasteiger charge is -2.11. The zero-order valence-corrected chi connectivity index (χ0v) is 80.9. The summed E-state index contributed by atoms with van der Waals surface area (Å²) in [4.78, 5) is 32.7. The molecule has 0 radical (unpaired) electrons. The number of benzene rings is 21. The van der Waals surface area contributed by atoms with Gasteiger partial charge >= 0.3 is 0 Å². The molecule has 13 nitrogen and oxygen atoms in total. The van der Waals surface area contributed by atoms with Crippen molar-refractivity contribution in [1.82, 2.24) is 56.8 Å². The highest BCUT2D eigenvalue weighted by Gasteiger charge is 2.33. The summed E-state index contributed by atoms with van der Waals surface area (Å²) in [5, 5.41) is 30.4. The Morgan fingerprint density at radius 3 is 0.886 bits per heavy atom. The van der Waals surface area contributed by atoms with E-state index in [1.54, 1.807) is 22.7 Å². The van der Waals surface area contributed by atoms with E-state index in [1.807, 2.05) is 18.2 Å². The molecule has 0 bridgehead atoms. The van der Waals surface area contributed by atoms with Crippen molar-refractivity contribution in [3.8, 4) is 62.7 Å². The number of nitrogens with zero attached hydrogens (tertiary/aromatic N) is 12. The predicted molar refractivity (Wildman–Crippen MR) is 623 cm³/mol. The average molecular weight is 1930 g/mol. The number of thiophene rings is 2. The van der Waals surface area contributed by atoms with Crippen LogP contribution in [0.4, 0.5) is 0 Å². The molecule has 21 aromatic carbocycles. The van der Waals surface area contributed by atoms with Gasteiger partial charge < -0.3 is 17.6 Å². The van der Waals surface area contributed by atoms with E-state index in [2.05, 4.69) is 458 Å². The molecular weight excluding hydrogens is 1860 g/mol. The lowest BCUT2D eigenvalue weighted by atomic mass is 10.0. The summed E-state index contributed by atoms with van der Waals surface area (Å²) in [5.74, 6) is 1.99. The standard InChI is InChI=1S/C46H26N4S.C44H24N4O.C44H24N4S/c1-2-12-27(13-3-1)28-22-24-29(25-23-28)42-45-43(33-17-7-11-21-39(33)51-45)48-46(47-42)50-37-20-10-5-15-31(37)40-38(50)26-34-30-14-4-8-18-35(30)49-36-19-9-6-16-32(36)41(40)44(34)49;2*1-2-12-26-23-27(22-21-25(26)11-1)40-43-41(31-16-6-10-20-37(31)49-43)46-44(45-40)48-35-19-9-4-14-29(35)38-36(48)24-32-28-13-3-7-17-33(28)47-34-18-8-5-15-30(34)39(38)42(32)47/h1-26H;2*1-24H. The first-order valence-electron chi connectivity index (χ1n) is 50.5. The molecule has 688 valence electrons. The van der Waals surface area contributed by atoms with Crippen molar-refractivity contribution >= 4 is 287 Å². The van der Waals surface area contributed by atoms with Gasteiger partial charge in [-0.3, -0.25) is 13.7 Å². The Morgan fingerprint density at radius 2 is 0.470 bits per heavy atom. The Bertz CT molecular complexity index is 11700. The van der Waals surface area contributed by atoms with Crippen molar-refractivity contribution in [1.29, 1.82) is 0 Å². The van der Waals surface area contributed by atoms with Crippen LogP contribution in [0.25, 0.3) is 327 Å². The summed E-state index contributed by atoms with van der Waals surface area (Å²) in [7, 11) is 0.